The summed E-state index contributed by atoms with van der Waals surface area (Å²) < 4.78 is 5.97. The molecule has 1 aromatic heterocycles. The first-order valence-corrected chi connectivity index (χ1v) is 6.69. The van der Waals surface area contributed by atoms with Gasteiger partial charge in [-0.2, -0.15) is 0 Å². The van der Waals surface area contributed by atoms with Crippen molar-refractivity contribution in [3.8, 4) is 17.1 Å². The maximum absolute atomic E-state index is 10.1. The van der Waals surface area contributed by atoms with Crippen molar-refractivity contribution in [2.24, 2.45) is 0 Å². The summed E-state index contributed by atoms with van der Waals surface area (Å²) in [5.74, 6) is 0.943. The van der Waals surface area contributed by atoms with Crippen LogP contribution in [0, 0.1) is 20.8 Å². The maximum Gasteiger partial charge on any atom is 0.364 e. The molecule has 0 fully saturated rings. The Morgan fingerprint density at radius 2 is 1.55 bits per heavy atom. The lowest BCUT2D eigenvalue weighted by molar-refractivity contribution is 0.474. The quantitative estimate of drug-likeness (QED) is 0.627. The fourth-order valence-corrected chi connectivity index (χ4v) is 2.44. The molecule has 0 aliphatic rings. The minimum Gasteiger partial charge on any atom is -0.507 e. The summed E-state index contributed by atoms with van der Waals surface area (Å²) in [5.41, 5.74) is 4.90. The van der Waals surface area contributed by atoms with Gasteiger partial charge in [-0.25, -0.2) is 4.42 Å². The van der Waals surface area contributed by atoms with Crippen molar-refractivity contribution in [3.63, 3.8) is 0 Å². The van der Waals surface area contributed by atoms with Crippen LogP contribution in [-0.4, -0.2) is 5.11 Å². The molecular weight excluding hydrogens is 248 g/mol. The summed E-state index contributed by atoms with van der Waals surface area (Å²) in [4.78, 5) is 0. The van der Waals surface area contributed by atoms with Crippen LogP contribution in [0.3, 0.4) is 0 Å². The van der Waals surface area contributed by atoms with E-state index in [2.05, 4.69) is 19.1 Å². The average molecular weight is 265 g/mol. The summed E-state index contributed by atoms with van der Waals surface area (Å²) in [6.45, 7) is 6.05. The Bertz CT molecular complexity index is 804. The number of aryl methyl sites for hydroxylation is 3. The summed E-state index contributed by atoms with van der Waals surface area (Å²) >= 11 is 0. The molecule has 0 aliphatic heterocycles. The molecule has 0 bridgehead atoms. The van der Waals surface area contributed by atoms with Crippen LogP contribution in [0.25, 0.3) is 22.3 Å². The van der Waals surface area contributed by atoms with Crippen molar-refractivity contribution in [2.45, 2.75) is 20.8 Å². The first kappa shape index (κ1) is 12.7. The van der Waals surface area contributed by atoms with Crippen LogP contribution in [0.15, 0.2) is 46.9 Å². The van der Waals surface area contributed by atoms with Crippen molar-refractivity contribution in [2.75, 3.05) is 0 Å². The SMILES string of the molecule is Cc1ccc(-c2cc(C)c3ccc(C)cc3[o+]2)c(O)c1. The third-order valence-corrected chi connectivity index (χ3v) is 3.55. The van der Waals surface area contributed by atoms with Crippen molar-refractivity contribution in [1.29, 1.82) is 0 Å². The Labute approximate surface area is 118 Å². The van der Waals surface area contributed by atoms with Crippen molar-refractivity contribution >= 4 is 11.0 Å². The predicted octanol–water partition coefficient (Wildman–Crippen LogP) is 5.01. The zero-order valence-electron chi connectivity index (χ0n) is 11.9. The van der Waals surface area contributed by atoms with Crippen LogP contribution in [0.1, 0.15) is 16.7 Å². The van der Waals surface area contributed by atoms with Crippen molar-refractivity contribution in [1.82, 2.24) is 0 Å². The van der Waals surface area contributed by atoms with Gasteiger partial charge in [0.25, 0.3) is 0 Å². The molecule has 100 valence electrons. The second-order valence-corrected chi connectivity index (χ2v) is 5.31. The smallest absolute Gasteiger partial charge is 0.364 e. The minimum absolute atomic E-state index is 0.250. The fourth-order valence-electron chi connectivity index (χ4n) is 2.44. The molecule has 0 amide bonds. The Hall–Kier alpha value is -2.35. The van der Waals surface area contributed by atoms with Gasteiger partial charge in [-0.05, 0) is 55.7 Å². The highest BCUT2D eigenvalue weighted by atomic mass is 16.3. The molecule has 1 N–H and O–H groups in total. The van der Waals surface area contributed by atoms with Gasteiger partial charge in [0.2, 0.25) is 0 Å². The van der Waals surface area contributed by atoms with Gasteiger partial charge in [0, 0.05) is 12.1 Å². The number of hydrogen-bond acceptors (Lipinski definition) is 1. The summed E-state index contributed by atoms with van der Waals surface area (Å²) in [6.07, 6.45) is 0. The number of aromatic hydroxyl groups is 1. The second-order valence-electron chi connectivity index (χ2n) is 5.31. The molecule has 2 nitrogen and oxygen atoms in total. The van der Waals surface area contributed by atoms with E-state index in [4.69, 9.17) is 4.42 Å². The van der Waals surface area contributed by atoms with Crippen LogP contribution in [-0.2, 0) is 0 Å². The molecular formula is C18H17O2+. The molecule has 20 heavy (non-hydrogen) atoms. The van der Waals surface area contributed by atoms with Gasteiger partial charge < -0.3 is 5.11 Å². The van der Waals surface area contributed by atoms with Crippen LogP contribution in [0.4, 0.5) is 0 Å². The number of phenolic OH excluding ortho intramolecular Hbond substituents is 1. The molecule has 0 saturated heterocycles. The van der Waals surface area contributed by atoms with E-state index < -0.39 is 0 Å². The summed E-state index contributed by atoms with van der Waals surface area (Å²) in [7, 11) is 0. The highest BCUT2D eigenvalue weighted by Crippen LogP contribution is 2.33. The number of benzene rings is 2. The molecule has 3 rings (SSSR count). The molecule has 0 unspecified atom stereocenters. The molecule has 0 saturated carbocycles. The lowest BCUT2D eigenvalue weighted by Crippen LogP contribution is -1.86. The van der Waals surface area contributed by atoms with Crippen molar-refractivity contribution < 1.29 is 9.52 Å². The molecule has 2 aromatic carbocycles. The number of fused-ring (bicyclic) bond motifs is 1. The Kier molecular flexibility index (Phi) is 2.94. The van der Waals surface area contributed by atoms with E-state index in [1.54, 1.807) is 6.07 Å². The Balaban J connectivity index is 2.26. The molecule has 0 radical (unpaired) electrons. The minimum atomic E-state index is 0.250. The van der Waals surface area contributed by atoms with Gasteiger partial charge in [0.15, 0.2) is 0 Å². The predicted molar refractivity (Wildman–Crippen MR) is 81.9 cm³/mol. The Morgan fingerprint density at radius 3 is 2.30 bits per heavy atom. The topological polar surface area (TPSA) is 31.5 Å². The van der Waals surface area contributed by atoms with Gasteiger partial charge in [-0.15, -0.1) is 0 Å². The van der Waals surface area contributed by atoms with Gasteiger partial charge in [0.05, 0.1) is 5.39 Å². The molecule has 2 heteroatoms. The number of phenols is 1. The van der Waals surface area contributed by atoms with Gasteiger partial charge >= 0.3 is 11.3 Å². The van der Waals surface area contributed by atoms with Gasteiger partial charge in [0.1, 0.15) is 11.3 Å². The maximum atomic E-state index is 10.1. The average Bonchev–Trinajstić information content (AvgIpc) is 2.37. The molecule has 0 atom stereocenters. The second kappa shape index (κ2) is 4.64. The number of rotatable bonds is 1. The first-order valence-electron chi connectivity index (χ1n) is 6.69. The van der Waals surface area contributed by atoms with E-state index in [0.29, 0.717) is 5.76 Å². The van der Waals surface area contributed by atoms with Gasteiger partial charge in [-0.3, -0.25) is 0 Å². The summed E-state index contributed by atoms with van der Waals surface area (Å²) in [5, 5.41) is 11.2. The lowest BCUT2D eigenvalue weighted by atomic mass is 10.0. The van der Waals surface area contributed by atoms with E-state index in [0.717, 1.165) is 33.2 Å². The third-order valence-electron chi connectivity index (χ3n) is 3.55. The van der Waals surface area contributed by atoms with Crippen LogP contribution >= 0.6 is 0 Å². The van der Waals surface area contributed by atoms with E-state index in [-0.39, 0.29) is 5.75 Å². The molecule has 3 aromatic rings. The van der Waals surface area contributed by atoms with E-state index in [9.17, 15) is 5.11 Å². The zero-order chi connectivity index (χ0) is 14.3. The summed E-state index contributed by atoms with van der Waals surface area (Å²) in [6, 6.07) is 13.8. The molecule has 1 heterocycles. The largest absolute Gasteiger partial charge is 0.507 e. The van der Waals surface area contributed by atoms with Crippen molar-refractivity contribution in [3.05, 3.63) is 59.2 Å². The first-order chi connectivity index (χ1) is 9.54. The van der Waals surface area contributed by atoms with Crippen LogP contribution in [0.5, 0.6) is 5.75 Å². The molecule has 0 aliphatic carbocycles. The van der Waals surface area contributed by atoms with Crippen LogP contribution in [0.2, 0.25) is 0 Å². The fraction of sp³-hybridized carbons (Fsp3) is 0.167. The highest BCUT2D eigenvalue weighted by molar-refractivity contribution is 5.83. The van der Waals surface area contributed by atoms with Crippen LogP contribution < -0.4 is 0 Å². The third kappa shape index (κ3) is 2.14. The highest BCUT2D eigenvalue weighted by Gasteiger charge is 2.20. The Morgan fingerprint density at radius 1 is 0.850 bits per heavy atom. The standard InChI is InChI=1S/C18H16O2/c1-11-5-7-15(16(19)8-11)18-10-13(3)14-6-4-12(2)9-17(14)20-18/h4-10H,1-3H3/p+1. The zero-order valence-corrected chi connectivity index (χ0v) is 11.9. The molecule has 0 spiro atoms. The van der Waals surface area contributed by atoms with E-state index >= 15 is 0 Å². The normalized spacial score (nSPS) is 10.9. The monoisotopic (exact) mass is 265 g/mol. The lowest BCUT2D eigenvalue weighted by Gasteiger charge is -2.01. The number of hydrogen-bond donors (Lipinski definition) is 1. The van der Waals surface area contributed by atoms with Gasteiger partial charge in [-0.1, -0.05) is 12.1 Å². The van der Waals surface area contributed by atoms with E-state index in [1.807, 2.05) is 38.1 Å². The van der Waals surface area contributed by atoms with E-state index in [1.165, 1.54) is 0 Å².